The summed E-state index contributed by atoms with van der Waals surface area (Å²) in [5.41, 5.74) is 0.804. The van der Waals surface area contributed by atoms with Crippen LogP contribution in [0.5, 0.6) is 11.5 Å². The van der Waals surface area contributed by atoms with Gasteiger partial charge in [-0.25, -0.2) is 8.42 Å². The van der Waals surface area contributed by atoms with Gasteiger partial charge in [0.25, 0.3) is 0 Å². The molecule has 0 aliphatic heterocycles. The molecule has 130 valence electrons. The fourth-order valence-corrected chi connectivity index (χ4v) is 4.45. The first-order valence-electron chi connectivity index (χ1n) is 7.27. The standard InChI is InChI=1S/C17H20BrNO4S/c1-12(14-7-5-6-8-16(14)22-3)19(2)24(20,21)13-9-10-17(23-4)15(18)11-13/h5-12H,1-4H3. The van der Waals surface area contributed by atoms with E-state index in [2.05, 4.69) is 15.9 Å². The Hall–Kier alpha value is -1.57. The van der Waals surface area contributed by atoms with E-state index in [1.54, 1.807) is 26.3 Å². The molecule has 0 spiro atoms. The second-order valence-corrected chi connectivity index (χ2v) is 8.09. The normalized spacial score (nSPS) is 12.9. The van der Waals surface area contributed by atoms with Gasteiger partial charge in [0.05, 0.1) is 29.6 Å². The molecule has 0 saturated heterocycles. The third-order valence-corrected chi connectivity index (χ3v) is 6.48. The third kappa shape index (κ3) is 3.58. The highest BCUT2D eigenvalue weighted by molar-refractivity contribution is 9.10. The monoisotopic (exact) mass is 413 g/mol. The number of ether oxygens (including phenoxy) is 2. The van der Waals surface area contributed by atoms with Gasteiger partial charge in [-0.15, -0.1) is 0 Å². The number of hydrogen-bond acceptors (Lipinski definition) is 4. The van der Waals surface area contributed by atoms with Gasteiger partial charge in [-0.05, 0) is 47.1 Å². The number of sulfonamides is 1. The summed E-state index contributed by atoms with van der Waals surface area (Å²) in [5, 5.41) is 0. The van der Waals surface area contributed by atoms with Crippen molar-refractivity contribution in [2.45, 2.75) is 17.9 Å². The summed E-state index contributed by atoms with van der Waals surface area (Å²) in [4.78, 5) is 0.194. The lowest BCUT2D eigenvalue weighted by Gasteiger charge is -2.26. The Morgan fingerprint density at radius 2 is 1.67 bits per heavy atom. The van der Waals surface area contributed by atoms with Crippen LogP contribution in [0, 0.1) is 0 Å². The van der Waals surface area contributed by atoms with Crippen LogP contribution < -0.4 is 9.47 Å². The van der Waals surface area contributed by atoms with Gasteiger partial charge in [-0.3, -0.25) is 0 Å². The van der Waals surface area contributed by atoms with Crippen molar-refractivity contribution < 1.29 is 17.9 Å². The number of hydrogen-bond donors (Lipinski definition) is 0. The fourth-order valence-electron chi connectivity index (χ4n) is 2.39. The van der Waals surface area contributed by atoms with Crippen LogP contribution in [-0.4, -0.2) is 34.0 Å². The number of para-hydroxylation sites is 1. The van der Waals surface area contributed by atoms with E-state index in [4.69, 9.17) is 9.47 Å². The van der Waals surface area contributed by atoms with Crippen LogP contribution >= 0.6 is 15.9 Å². The number of nitrogens with zero attached hydrogens (tertiary/aromatic N) is 1. The Morgan fingerprint density at radius 1 is 1.04 bits per heavy atom. The van der Waals surface area contributed by atoms with Crippen LogP contribution in [0.25, 0.3) is 0 Å². The minimum absolute atomic E-state index is 0.194. The summed E-state index contributed by atoms with van der Waals surface area (Å²) >= 11 is 3.33. The van der Waals surface area contributed by atoms with E-state index in [1.807, 2.05) is 31.2 Å². The largest absolute Gasteiger partial charge is 0.496 e. The Balaban J connectivity index is 2.40. The summed E-state index contributed by atoms with van der Waals surface area (Å²) in [7, 11) is 0.995. The zero-order valence-electron chi connectivity index (χ0n) is 14.0. The molecule has 2 aromatic rings. The molecule has 24 heavy (non-hydrogen) atoms. The van der Waals surface area contributed by atoms with Gasteiger partial charge < -0.3 is 9.47 Å². The zero-order chi connectivity index (χ0) is 17.9. The molecule has 0 heterocycles. The molecule has 1 atom stereocenters. The molecule has 2 rings (SSSR count). The van der Waals surface area contributed by atoms with E-state index in [0.29, 0.717) is 16.0 Å². The predicted octanol–water partition coefficient (Wildman–Crippen LogP) is 3.85. The van der Waals surface area contributed by atoms with Gasteiger partial charge in [0.15, 0.2) is 0 Å². The summed E-state index contributed by atoms with van der Waals surface area (Å²) in [5.74, 6) is 1.23. The van der Waals surface area contributed by atoms with Crippen LogP contribution in [0.4, 0.5) is 0 Å². The van der Waals surface area contributed by atoms with Crippen LogP contribution in [0.1, 0.15) is 18.5 Å². The van der Waals surface area contributed by atoms with Crippen LogP contribution in [0.3, 0.4) is 0 Å². The smallest absolute Gasteiger partial charge is 0.243 e. The van der Waals surface area contributed by atoms with Crippen molar-refractivity contribution in [3.8, 4) is 11.5 Å². The Labute approximate surface area is 151 Å². The fraction of sp³-hybridized carbons (Fsp3) is 0.294. The third-order valence-electron chi connectivity index (χ3n) is 3.93. The first kappa shape index (κ1) is 18.8. The van der Waals surface area contributed by atoms with Crippen LogP contribution in [0.15, 0.2) is 51.8 Å². The molecule has 0 amide bonds. The highest BCUT2D eigenvalue weighted by Crippen LogP contribution is 2.33. The topological polar surface area (TPSA) is 55.8 Å². The molecule has 0 bridgehead atoms. The van der Waals surface area contributed by atoms with E-state index >= 15 is 0 Å². The van der Waals surface area contributed by atoms with Crippen molar-refractivity contribution >= 4 is 26.0 Å². The SMILES string of the molecule is COc1ccc(S(=O)(=O)N(C)C(C)c2ccccc2OC)cc1Br. The van der Waals surface area contributed by atoms with Crippen molar-refractivity contribution in [3.05, 3.63) is 52.5 Å². The zero-order valence-corrected chi connectivity index (χ0v) is 16.4. The maximum atomic E-state index is 12.9. The van der Waals surface area contributed by atoms with Gasteiger partial charge in [0.2, 0.25) is 10.0 Å². The van der Waals surface area contributed by atoms with E-state index in [1.165, 1.54) is 17.5 Å². The Morgan fingerprint density at radius 3 is 2.25 bits per heavy atom. The molecule has 0 aliphatic rings. The van der Waals surface area contributed by atoms with Crippen LogP contribution in [0.2, 0.25) is 0 Å². The first-order valence-corrected chi connectivity index (χ1v) is 9.50. The van der Waals surface area contributed by atoms with E-state index in [-0.39, 0.29) is 10.9 Å². The second-order valence-electron chi connectivity index (χ2n) is 5.24. The van der Waals surface area contributed by atoms with Crippen molar-refractivity contribution in [2.75, 3.05) is 21.3 Å². The maximum Gasteiger partial charge on any atom is 0.243 e. The number of halogens is 1. The van der Waals surface area contributed by atoms with E-state index < -0.39 is 10.0 Å². The van der Waals surface area contributed by atoms with Crippen molar-refractivity contribution in [3.63, 3.8) is 0 Å². The lowest BCUT2D eigenvalue weighted by Crippen LogP contribution is -2.30. The molecule has 0 saturated carbocycles. The average Bonchev–Trinajstić information content (AvgIpc) is 2.60. The van der Waals surface area contributed by atoms with Gasteiger partial charge in [0, 0.05) is 12.6 Å². The van der Waals surface area contributed by atoms with E-state index in [9.17, 15) is 8.42 Å². The number of methoxy groups -OCH3 is 2. The van der Waals surface area contributed by atoms with Gasteiger partial charge in [0.1, 0.15) is 11.5 Å². The molecule has 1 unspecified atom stereocenters. The maximum absolute atomic E-state index is 12.9. The average molecular weight is 414 g/mol. The number of rotatable bonds is 6. The summed E-state index contributed by atoms with van der Waals surface area (Å²) in [6.45, 7) is 1.83. The minimum Gasteiger partial charge on any atom is -0.496 e. The van der Waals surface area contributed by atoms with Crippen molar-refractivity contribution in [1.29, 1.82) is 0 Å². The molecular weight excluding hydrogens is 394 g/mol. The molecule has 7 heteroatoms. The van der Waals surface area contributed by atoms with Gasteiger partial charge in [-0.2, -0.15) is 4.31 Å². The predicted molar refractivity (Wildman–Crippen MR) is 97.1 cm³/mol. The van der Waals surface area contributed by atoms with Crippen LogP contribution in [-0.2, 0) is 10.0 Å². The highest BCUT2D eigenvalue weighted by Gasteiger charge is 2.28. The molecule has 2 aromatic carbocycles. The first-order chi connectivity index (χ1) is 11.3. The molecule has 0 fully saturated rings. The highest BCUT2D eigenvalue weighted by atomic mass is 79.9. The molecule has 0 N–H and O–H groups in total. The molecule has 0 radical (unpaired) electrons. The van der Waals surface area contributed by atoms with E-state index in [0.717, 1.165) is 5.56 Å². The lowest BCUT2D eigenvalue weighted by atomic mass is 10.1. The van der Waals surface area contributed by atoms with Gasteiger partial charge >= 0.3 is 0 Å². The second kappa shape index (κ2) is 7.55. The molecule has 0 aliphatic carbocycles. The summed E-state index contributed by atoms with van der Waals surface area (Å²) < 4.78 is 38.3. The van der Waals surface area contributed by atoms with Gasteiger partial charge in [-0.1, -0.05) is 18.2 Å². The Bertz CT molecular complexity index is 823. The lowest BCUT2D eigenvalue weighted by molar-refractivity contribution is 0.367. The molecular formula is C17H20BrNO4S. The quantitative estimate of drug-likeness (QED) is 0.721. The van der Waals surface area contributed by atoms with Crippen molar-refractivity contribution in [1.82, 2.24) is 4.31 Å². The molecule has 0 aromatic heterocycles. The molecule has 5 nitrogen and oxygen atoms in total. The summed E-state index contributed by atoms with van der Waals surface area (Å²) in [6, 6.07) is 11.7. The Kier molecular flexibility index (Phi) is 5.90. The van der Waals surface area contributed by atoms with Crippen molar-refractivity contribution in [2.24, 2.45) is 0 Å². The minimum atomic E-state index is -3.67. The summed E-state index contributed by atoms with van der Waals surface area (Å²) in [6.07, 6.45) is 0. The number of benzene rings is 2.